The van der Waals surface area contributed by atoms with Crippen molar-refractivity contribution < 1.29 is 14.3 Å². The van der Waals surface area contributed by atoms with E-state index in [9.17, 15) is 4.79 Å². The number of ether oxygens (including phenoxy) is 2. The average Bonchev–Trinajstić information content (AvgIpc) is 2.34. The predicted octanol–water partition coefficient (Wildman–Crippen LogP) is 3.28. The Morgan fingerprint density at radius 2 is 2.20 bits per heavy atom. The molecule has 0 aliphatic carbocycles. The van der Waals surface area contributed by atoms with E-state index in [2.05, 4.69) is 20.9 Å². The Bertz CT molecular complexity index is 514. The van der Waals surface area contributed by atoms with Gasteiger partial charge in [-0.3, -0.25) is 0 Å². The van der Waals surface area contributed by atoms with Gasteiger partial charge >= 0.3 is 6.09 Å². The molecule has 1 aromatic rings. The molecule has 20 heavy (non-hydrogen) atoms. The van der Waals surface area contributed by atoms with Crippen LogP contribution in [0.4, 0.5) is 4.79 Å². The number of likely N-dealkylation sites (N-methyl/N-ethyl adjacent to an activating group) is 1. The van der Waals surface area contributed by atoms with E-state index in [1.165, 1.54) is 0 Å². The van der Waals surface area contributed by atoms with Gasteiger partial charge < -0.3 is 14.4 Å². The van der Waals surface area contributed by atoms with Crippen LogP contribution >= 0.6 is 15.9 Å². The summed E-state index contributed by atoms with van der Waals surface area (Å²) in [5.74, 6) is 0. The molecule has 1 aromatic heterocycles. The average molecular weight is 343 g/mol. The van der Waals surface area contributed by atoms with Crippen LogP contribution in [0, 0.1) is 0 Å². The summed E-state index contributed by atoms with van der Waals surface area (Å²) in [4.78, 5) is 18.1. The van der Waals surface area contributed by atoms with Crippen LogP contribution < -0.4 is 0 Å². The largest absolute Gasteiger partial charge is 0.444 e. The monoisotopic (exact) mass is 342 g/mol. The number of carbonyl (C=O) groups excluding carboxylic acids is 1. The molecule has 0 saturated carbocycles. The Morgan fingerprint density at radius 1 is 1.50 bits per heavy atom. The van der Waals surface area contributed by atoms with Crippen LogP contribution in [0.3, 0.4) is 0 Å². The second kappa shape index (κ2) is 5.69. The standard InChI is InChI=1S/C14H19BrN2O3/c1-14(2,3)20-13(18)17(4)11-8-19-7-10-9(11)5-6-12(15)16-10/h5-6,11H,7-8H2,1-4H3. The van der Waals surface area contributed by atoms with E-state index in [0.29, 0.717) is 13.2 Å². The number of hydrogen-bond acceptors (Lipinski definition) is 4. The van der Waals surface area contributed by atoms with E-state index in [1.807, 2.05) is 32.9 Å². The lowest BCUT2D eigenvalue weighted by Crippen LogP contribution is -2.40. The van der Waals surface area contributed by atoms with Crippen molar-refractivity contribution in [3.8, 4) is 0 Å². The zero-order valence-electron chi connectivity index (χ0n) is 12.1. The molecule has 0 aromatic carbocycles. The van der Waals surface area contributed by atoms with Crippen molar-refractivity contribution in [2.24, 2.45) is 0 Å². The Morgan fingerprint density at radius 3 is 2.85 bits per heavy atom. The lowest BCUT2D eigenvalue weighted by molar-refractivity contribution is -0.00119. The second-order valence-corrected chi connectivity index (χ2v) is 6.60. The Kier molecular flexibility index (Phi) is 4.34. The molecular weight excluding hydrogens is 324 g/mol. The molecule has 110 valence electrons. The van der Waals surface area contributed by atoms with Gasteiger partial charge in [-0.15, -0.1) is 0 Å². The van der Waals surface area contributed by atoms with Crippen LogP contribution in [0.25, 0.3) is 0 Å². The minimum atomic E-state index is -0.512. The lowest BCUT2D eigenvalue weighted by atomic mass is 10.0. The number of hydrogen-bond donors (Lipinski definition) is 0. The van der Waals surface area contributed by atoms with E-state index in [1.54, 1.807) is 11.9 Å². The van der Waals surface area contributed by atoms with Gasteiger partial charge in [0.25, 0.3) is 0 Å². The summed E-state index contributed by atoms with van der Waals surface area (Å²) in [5, 5.41) is 0. The number of aromatic nitrogens is 1. The highest BCUT2D eigenvalue weighted by Crippen LogP contribution is 2.29. The fraction of sp³-hybridized carbons (Fsp3) is 0.571. The molecule has 2 rings (SSSR count). The maximum atomic E-state index is 12.2. The molecule has 1 amide bonds. The summed E-state index contributed by atoms with van der Waals surface area (Å²) in [7, 11) is 1.72. The molecule has 5 nitrogen and oxygen atoms in total. The number of pyridine rings is 1. The molecule has 0 radical (unpaired) electrons. The third-order valence-electron chi connectivity index (χ3n) is 3.00. The molecule has 0 spiro atoms. The molecular formula is C14H19BrN2O3. The Balaban J connectivity index is 2.20. The number of fused-ring (bicyclic) bond motifs is 1. The number of rotatable bonds is 1. The molecule has 6 heteroatoms. The fourth-order valence-corrected chi connectivity index (χ4v) is 2.39. The number of amides is 1. The molecule has 0 bridgehead atoms. The SMILES string of the molecule is CN(C(=O)OC(C)(C)C)C1COCc2nc(Br)ccc21. The smallest absolute Gasteiger partial charge is 0.410 e. The summed E-state index contributed by atoms with van der Waals surface area (Å²) in [6.45, 7) is 6.47. The quantitative estimate of drug-likeness (QED) is 0.735. The minimum absolute atomic E-state index is 0.172. The van der Waals surface area contributed by atoms with Crippen molar-refractivity contribution in [3.63, 3.8) is 0 Å². The van der Waals surface area contributed by atoms with Crippen molar-refractivity contribution >= 4 is 22.0 Å². The van der Waals surface area contributed by atoms with Gasteiger partial charge in [-0.05, 0) is 42.8 Å². The van der Waals surface area contributed by atoms with Gasteiger partial charge in [0.05, 0.1) is 24.9 Å². The van der Waals surface area contributed by atoms with Crippen LogP contribution in [0.15, 0.2) is 16.7 Å². The molecule has 1 aliphatic heterocycles. The summed E-state index contributed by atoms with van der Waals surface area (Å²) >= 11 is 3.34. The van der Waals surface area contributed by atoms with Crippen molar-refractivity contribution in [2.45, 2.75) is 39.0 Å². The van der Waals surface area contributed by atoms with Crippen molar-refractivity contribution in [1.82, 2.24) is 9.88 Å². The first-order valence-electron chi connectivity index (χ1n) is 6.47. The highest BCUT2D eigenvalue weighted by atomic mass is 79.9. The Hall–Kier alpha value is -1.14. The van der Waals surface area contributed by atoms with Crippen LogP contribution in [-0.2, 0) is 16.1 Å². The zero-order valence-corrected chi connectivity index (χ0v) is 13.7. The van der Waals surface area contributed by atoms with Crippen LogP contribution in [-0.4, -0.2) is 35.2 Å². The Labute approximate surface area is 127 Å². The van der Waals surface area contributed by atoms with Crippen molar-refractivity contribution in [3.05, 3.63) is 28.0 Å². The first-order chi connectivity index (χ1) is 9.28. The summed E-state index contributed by atoms with van der Waals surface area (Å²) in [6.07, 6.45) is -0.359. The number of carbonyl (C=O) groups is 1. The van der Waals surface area contributed by atoms with Gasteiger partial charge in [0.1, 0.15) is 10.2 Å². The molecule has 0 fully saturated rings. The van der Waals surface area contributed by atoms with Gasteiger partial charge in [0.2, 0.25) is 0 Å². The first-order valence-corrected chi connectivity index (χ1v) is 7.26. The fourth-order valence-electron chi connectivity index (χ4n) is 2.04. The van der Waals surface area contributed by atoms with E-state index >= 15 is 0 Å². The minimum Gasteiger partial charge on any atom is -0.444 e. The third kappa shape index (κ3) is 3.49. The van der Waals surface area contributed by atoms with E-state index in [0.717, 1.165) is 15.9 Å². The van der Waals surface area contributed by atoms with E-state index in [4.69, 9.17) is 9.47 Å². The number of nitrogens with zero attached hydrogens (tertiary/aromatic N) is 2. The summed E-state index contributed by atoms with van der Waals surface area (Å²) in [5.41, 5.74) is 1.35. The number of halogens is 1. The zero-order chi connectivity index (χ0) is 14.9. The maximum Gasteiger partial charge on any atom is 0.410 e. The summed E-state index contributed by atoms with van der Waals surface area (Å²) in [6, 6.07) is 3.68. The van der Waals surface area contributed by atoms with Crippen molar-refractivity contribution in [1.29, 1.82) is 0 Å². The topological polar surface area (TPSA) is 51.7 Å². The predicted molar refractivity (Wildman–Crippen MR) is 78.3 cm³/mol. The normalized spacial score (nSPS) is 18.4. The van der Waals surface area contributed by atoms with Crippen LogP contribution in [0.2, 0.25) is 0 Å². The lowest BCUT2D eigenvalue weighted by Gasteiger charge is -2.33. The maximum absolute atomic E-state index is 12.2. The second-order valence-electron chi connectivity index (χ2n) is 5.79. The highest BCUT2D eigenvalue weighted by molar-refractivity contribution is 9.10. The van der Waals surface area contributed by atoms with E-state index < -0.39 is 5.60 Å². The van der Waals surface area contributed by atoms with Crippen molar-refractivity contribution in [2.75, 3.05) is 13.7 Å². The van der Waals surface area contributed by atoms with E-state index in [-0.39, 0.29) is 12.1 Å². The molecule has 1 aliphatic rings. The van der Waals surface area contributed by atoms with Gasteiger partial charge in [-0.2, -0.15) is 0 Å². The summed E-state index contributed by atoms with van der Waals surface area (Å²) < 4.78 is 11.7. The molecule has 0 saturated heterocycles. The highest BCUT2D eigenvalue weighted by Gasteiger charge is 2.30. The molecule has 0 N–H and O–H groups in total. The van der Waals surface area contributed by atoms with Gasteiger partial charge in [0.15, 0.2) is 0 Å². The molecule has 1 atom stereocenters. The van der Waals surface area contributed by atoms with Crippen LogP contribution in [0.1, 0.15) is 38.1 Å². The molecule has 2 heterocycles. The first kappa shape index (κ1) is 15.3. The third-order valence-corrected chi connectivity index (χ3v) is 3.44. The molecule has 1 unspecified atom stereocenters. The van der Waals surface area contributed by atoms with Crippen LogP contribution in [0.5, 0.6) is 0 Å². The van der Waals surface area contributed by atoms with Gasteiger partial charge in [0, 0.05) is 12.6 Å². The van der Waals surface area contributed by atoms with Gasteiger partial charge in [-0.1, -0.05) is 6.07 Å². The van der Waals surface area contributed by atoms with Gasteiger partial charge in [-0.25, -0.2) is 9.78 Å².